The Balaban J connectivity index is 1.75. The number of sulfonamides is 1. The van der Waals surface area contributed by atoms with E-state index in [1.54, 1.807) is 6.92 Å². The van der Waals surface area contributed by atoms with Crippen molar-refractivity contribution in [3.8, 4) is 0 Å². The minimum atomic E-state index is -3.10. The number of nitrogens with one attached hydrogen (secondary N) is 1. The van der Waals surface area contributed by atoms with Gasteiger partial charge in [-0.2, -0.15) is 0 Å². The molecule has 0 aromatic heterocycles. The number of rotatable bonds is 4. The van der Waals surface area contributed by atoms with E-state index in [9.17, 15) is 13.2 Å². The first-order valence-corrected chi connectivity index (χ1v) is 9.82. The summed E-state index contributed by atoms with van der Waals surface area (Å²) in [7, 11) is -3.10. The Labute approximate surface area is 133 Å². The average Bonchev–Trinajstić information content (AvgIpc) is 2.55. The van der Waals surface area contributed by atoms with Crippen molar-refractivity contribution < 1.29 is 13.2 Å². The minimum Gasteiger partial charge on any atom is -0.335 e. The maximum absolute atomic E-state index is 12.3. The van der Waals surface area contributed by atoms with Crippen molar-refractivity contribution in [3.05, 3.63) is 0 Å². The van der Waals surface area contributed by atoms with Crippen LogP contribution in [0.15, 0.2) is 0 Å². The molecule has 0 spiro atoms. The fourth-order valence-corrected chi connectivity index (χ4v) is 4.13. The van der Waals surface area contributed by atoms with Crippen LogP contribution < -0.4 is 5.32 Å². The van der Waals surface area contributed by atoms with Crippen molar-refractivity contribution >= 4 is 16.1 Å². The largest absolute Gasteiger partial charge is 0.335 e. The first-order valence-electron chi connectivity index (χ1n) is 8.22. The number of carbonyl (C=O) groups excluding carboxylic acids is 1. The Bertz CT molecular complexity index is 466. The molecule has 2 heterocycles. The van der Waals surface area contributed by atoms with E-state index in [4.69, 9.17) is 0 Å². The predicted octanol–water partition coefficient (Wildman–Crippen LogP) is 0.148. The molecule has 0 atom stereocenters. The van der Waals surface area contributed by atoms with Crippen molar-refractivity contribution in [2.24, 2.45) is 0 Å². The van der Waals surface area contributed by atoms with Gasteiger partial charge in [-0.15, -0.1) is 0 Å². The molecule has 0 saturated carbocycles. The van der Waals surface area contributed by atoms with E-state index in [1.807, 2.05) is 4.90 Å². The fraction of sp³-hybridized carbons (Fsp3) is 0.929. The van der Waals surface area contributed by atoms with Crippen LogP contribution in [0.4, 0.5) is 4.79 Å². The maximum Gasteiger partial charge on any atom is 0.317 e. The van der Waals surface area contributed by atoms with Gasteiger partial charge in [-0.05, 0) is 26.3 Å². The number of carbonyl (C=O) groups is 1. The van der Waals surface area contributed by atoms with E-state index < -0.39 is 10.0 Å². The molecule has 22 heavy (non-hydrogen) atoms. The molecule has 2 aliphatic rings. The zero-order valence-electron chi connectivity index (χ0n) is 13.6. The Morgan fingerprint density at radius 3 is 2.14 bits per heavy atom. The molecule has 0 aliphatic carbocycles. The zero-order valence-corrected chi connectivity index (χ0v) is 14.4. The van der Waals surface area contributed by atoms with Gasteiger partial charge in [0.25, 0.3) is 0 Å². The smallest absolute Gasteiger partial charge is 0.317 e. The maximum atomic E-state index is 12.3. The highest BCUT2D eigenvalue weighted by molar-refractivity contribution is 7.89. The summed E-state index contributed by atoms with van der Waals surface area (Å²) in [5.74, 6) is 0.145. The SMILES string of the molecule is CCN1CCN(C(=O)NC2CCN(S(=O)(=O)CC)CC2)CC1. The van der Waals surface area contributed by atoms with Crippen molar-refractivity contribution in [2.45, 2.75) is 32.7 Å². The quantitative estimate of drug-likeness (QED) is 0.795. The van der Waals surface area contributed by atoms with E-state index in [0.717, 1.165) is 32.7 Å². The highest BCUT2D eigenvalue weighted by atomic mass is 32.2. The molecular formula is C14H28N4O3S. The number of nitrogens with zero attached hydrogens (tertiary/aromatic N) is 3. The summed E-state index contributed by atoms with van der Waals surface area (Å²) in [5.41, 5.74) is 0. The highest BCUT2D eigenvalue weighted by Crippen LogP contribution is 2.15. The van der Waals surface area contributed by atoms with Gasteiger partial charge in [0.2, 0.25) is 10.0 Å². The van der Waals surface area contributed by atoms with E-state index in [-0.39, 0.29) is 17.8 Å². The Hall–Kier alpha value is -0.860. The van der Waals surface area contributed by atoms with E-state index in [1.165, 1.54) is 4.31 Å². The van der Waals surface area contributed by atoms with Crippen LogP contribution in [-0.4, -0.2) is 86.2 Å². The Kier molecular flexibility index (Phi) is 6.05. The lowest BCUT2D eigenvalue weighted by Crippen LogP contribution is -2.55. The van der Waals surface area contributed by atoms with Gasteiger partial charge in [0.15, 0.2) is 0 Å². The fourth-order valence-electron chi connectivity index (χ4n) is 2.99. The molecule has 2 aliphatic heterocycles. The molecule has 1 N–H and O–H groups in total. The van der Waals surface area contributed by atoms with Gasteiger partial charge >= 0.3 is 6.03 Å². The van der Waals surface area contributed by atoms with Gasteiger partial charge < -0.3 is 15.1 Å². The zero-order chi connectivity index (χ0) is 16.2. The highest BCUT2D eigenvalue weighted by Gasteiger charge is 2.29. The summed E-state index contributed by atoms with van der Waals surface area (Å²) in [4.78, 5) is 16.5. The number of urea groups is 1. The van der Waals surface area contributed by atoms with Crippen LogP contribution in [-0.2, 0) is 10.0 Å². The van der Waals surface area contributed by atoms with Crippen molar-refractivity contribution in [2.75, 3.05) is 51.6 Å². The number of hydrogen-bond acceptors (Lipinski definition) is 4. The molecule has 0 radical (unpaired) electrons. The predicted molar refractivity (Wildman–Crippen MR) is 86.3 cm³/mol. The number of piperazine rings is 1. The summed E-state index contributed by atoms with van der Waals surface area (Å²) in [6.07, 6.45) is 1.39. The van der Waals surface area contributed by atoms with Crippen LogP contribution in [0.25, 0.3) is 0 Å². The first kappa shape index (κ1) is 17.5. The second-order valence-electron chi connectivity index (χ2n) is 5.94. The summed E-state index contributed by atoms with van der Waals surface area (Å²) in [5, 5.41) is 3.06. The summed E-state index contributed by atoms with van der Waals surface area (Å²) in [6.45, 7) is 9.22. The van der Waals surface area contributed by atoms with Crippen LogP contribution in [0.1, 0.15) is 26.7 Å². The lowest BCUT2D eigenvalue weighted by atomic mass is 10.1. The van der Waals surface area contributed by atoms with Gasteiger partial charge in [-0.3, -0.25) is 0 Å². The van der Waals surface area contributed by atoms with Crippen molar-refractivity contribution in [3.63, 3.8) is 0 Å². The minimum absolute atomic E-state index is 0.00690. The average molecular weight is 332 g/mol. The lowest BCUT2D eigenvalue weighted by Gasteiger charge is -2.36. The second kappa shape index (κ2) is 7.61. The summed E-state index contributed by atoms with van der Waals surface area (Å²) in [6, 6.07) is 0.0764. The standard InChI is InChI=1S/C14H28N4O3S/c1-3-16-9-11-17(12-10-16)14(19)15-13-5-7-18(8-6-13)22(20,21)4-2/h13H,3-12H2,1-2H3,(H,15,19). The lowest BCUT2D eigenvalue weighted by molar-refractivity contribution is 0.138. The van der Waals surface area contributed by atoms with Gasteiger partial charge in [-0.1, -0.05) is 6.92 Å². The molecule has 0 bridgehead atoms. The molecular weight excluding hydrogens is 304 g/mol. The molecule has 128 valence electrons. The molecule has 0 aromatic rings. The van der Waals surface area contributed by atoms with E-state index >= 15 is 0 Å². The number of likely N-dealkylation sites (N-methyl/N-ethyl adjacent to an activating group) is 1. The number of amides is 2. The van der Waals surface area contributed by atoms with E-state index in [2.05, 4.69) is 17.1 Å². The van der Waals surface area contributed by atoms with E-state index in [0.29, 0.717) is 25.9 Å². The van der Waals surface area contributed by atoms with Crippen molar-refractivity contribution in [1.82, 2.24) is 19.4 Å². The number of piperidine rings is 1. The van der Waals surface area contributed by atoms with Crippen LogP contribution in [0.3, 0.4) is 0 Å². The normalized spacial score (nSPS) is 22.7. The second-order valence-corrected chi connectivity index (χ2v) is 8.20. The molecule has 7 nitrogen and oxygen atoms in total. The third-order valence-electron chi connectivity index (χ3n) is 4.65. The van der Waals surface area contributed by atoms with Crippen LogP contribution in [0.2, 0.25) is 0 Å². The molecule has 2 amide bonds. The Morgan fingerprint density at radius 1 is 1.05 bits per heavy atom. The third kappa shape index (κ3) is 4.33. The monoisotopic (exact) mass is 332 g/mol. The molecule has 0 aromatic carbocycles. The molecule has 8 heteroatoms. The summed E-state index contributed by atoms with van der Waals surface area (Å²) < 4.78 is 25.2. The van der Waals surface area contributed by atoms with Crippen LogP contribution >= 0.6 is 0 Å². The molecule has 2 fully saturated rings. The van der Waals surface area contributed by atoms with Crippen molar-refractivity contribution in [1.29, 1.82) is 0 Å². The third-order valence-corrected chi connectivity index (χ3v) is 6.53. The molecule has 2 rings (SSSR count). The van der Waals surface area contributed by atoms with Gasteiger partial charge in [0.1, 0.15) is 0 Å². The topological polar surface area (TPSA) is 73.0 Å². The van der Waals surface area contributed by atoms with Gasteiger partial charge in [0, 0.05) is 45.3 Å². The van der Waals surface area contributed by atoms with Crippen LogP contribution in [0.5, 0.6) is 0 Å². The number of hydrogen-bond donors (Lipinski definition) is 1. The first-order chi connectivity index (χ1) is 10.5. The van der Waals surface area contributed by atoms with Gasteiger partial charge in [-0.25, -0.2) is 17.5 Å². The van der Waals surface area contributed by atoms with Crippen LogP contribution in [0, 0.1) is 0 Å². The van der Waals surface area contributed by atoms with Gasteiger partial charge in [0.05, 0.1) is 5.75 Å². The molecule has 2 saturated heterocycles. The Morgan fingerprint density at radius 2 is 1.64 bits per heavy atom. The summed E-state index contributed by atoms with van der Waals surface area (Å²) >= 11 is 0. The molecule has 0 unspecified atom stereocenters.